The van der Waals surface area contributed by atoms with E-state index in [1.807, 2.05) is 57.2 Å². The average molecular weight is 535 g/mol. The Bertz CT molecular complexity index is 1780. The lowest BCUT2D eigenvalue weighted by molar-refractivity contribution is 0.0944. The van der Waals surface area contributed by atoms with E-state index in [2.05, 4.69) is 37.4 Å². The van der Waals surface area contributed by atoms with Crippen LogP contribution in [0.4, 0.5) is 0 Å². The zero-order valence-corrected chi connectivity index (χ0v) is 23.2. The molecule has 4 heterocycles. The number of hydrogen-bond donors (Lipinski definition) is 2. The van der Waals surface area contributed by atoms with Gasteiger partial charge in [-0.2, -0.15) is 5.10 Å². The van der Waals surface area contributed by atoms with E-state index in [-0.39, 0.29) is 23.1 Å². The predicted molar refractivity (Wildman–Crippen MR) is 157 cm³/mol. The number of pyridine rings is 1. The summed E-state index contributed by atoms with van der Waals surface area (Å²) < 4.78 is 1.54. The molecule has 0 aliphatic carbocycles. The summed E-state index contributed by atoms with van der Waals surface area (Å²) in [4.78, 5) is 36.8. The molecule has 3 aromatic heterocycles. The average Bonchev–Trinajstić information content (AvgIpc) is 3.60. The highest BCUT2D eigenvalue weighted by Crippen LogP contribution is 2.26. The Kier molecular flexibility index (Phi) is 6.94. The van der Waals surface area contributed by atoms with Gasteiger partial charge < -0.3 is 10.3 Å². The number of rotatable bonds is 7. The SMILES string of the molecule is Cc1cccc2ncc(-c3cn4nc(C(=O)NCc5cccc(CN6CCCC6)c5)c(C(C)C)c4c(=O)[nH]3)cc12. The van der Waals surface area contributed by atoms with E-state index in [4.69, 9.17) is 0 Å². The second-order valence-electron chi connectivity index (χ2n) is 11.1. The number of nitrogens with one attached hydrogen (secondary N) is 2. The van der Waals surface area contributed by atoms with Crippen LogP contribution in [0.1, 0.15) is 65.3 Å². The molecule has 8 heteroatoms. The lowest BCUT2D eigenvalue weighted by atomic mass is 10.0. The Labute approximate surface area is 233 Å². The number of fused-ring (bicyclic) bond motifs is 2. The summed E-state index contributed by atoms with van der Waals surface area (Å²) >= 11 is 0. The van der Waals surface area contributed by atoms with Crippen molar-refractivity contribution in [3.63, 3.8) is 0 Å². The van der Waals surface area contributed by atoms with Gasteiger partial charge in [0.05, 0.1) is 17.4 Å². The summed E-state index contributed by atoms with van der Waals surface area (Å²) in [5.41, 5.74) is 6.69. The maximum Gasteiger partial charge on any atom is 0.274 e. The topological polar surface area (TPSA) is 95.4 Å². The van der Waals surface area contributed by atoms with Crippen molar-refractivity contribution in [2.45, 2.75) is 52.6 Å². The Hall–Kier alpha value is -4.30. The smallest absolute Gasteiger partial charge is 0.274 e. The molecule has 2 aromatic carbocycles. The number of likely N-dealkylation sites (tertiary alicyclic amines) is 1. The van der Waals surface area contributed by atoms with Crippen LogP contribution in [0.2, 0.25) is 0 Å². The fraction of sp³-hybridized carbons (Fsp3) is 0.312. The summed E-state index contributed by atoms with van der Waals surface area (Å²) in [6.45, 7) is 9.59. The third-order valence-electron chi connectivity index (χ3n) is 7.76. The van der Waals surface area contributed by atoms with E-state index in [0.717, 1.165) is 47.2 Å². The van der Waals surface area contributed by atoms with Crippen LogP contribution in [0.5, 0.6) is 0 Å². The molecule has 6 rings (SSSR count). The molecule has 1 amide bonds. The third kappa shape index (κ3) is 5.02. The Morgan fingerprint density at radius 3 is 2.65 bits per heavy atom. The highest BCUT2D eigenvalue weighted by molar-refractivity contribution is 5.96. The zero-order chi connectivity index (χ0) is 27.8. The maximum atomic E-state index is 13.4. The van der Waals surface area contributed by atoms with Crippen molar-refractivity contribution in [2.75, 3.05) is 13.1 Å². The van der Waals surface area contributed by atoms with Crippen molar-refractivity contribution in [3.8, 4) is 11.3 Å². The van der Waals surface area contributed by atoms with Crippen LogP contribution in [0.15, 0.2) is 65.7 Å². The normalized spacial score (nSPS) is 14.0. The lowest BCUT2D eigenvalue weighted by Crippen LogP contribution is -2.25. The minimum atomic E-state index is -0.290. The Morgan fingerprint density at radius 2 is 1.85 bits per heavy atom. The first kappa shape index (κ1) is 26.0. The quantitative estimate of drug-likeness (QED) is 0.299. The fourth-order valence-corrected chi connectivity index (χ4v) is 5.71. The van der Waals surface area contributed by atoms with Crippen LogP contribution in [0.25, 0.3) is 27.7 Å². The molecular weight excluding hydrogens is 500 g/mol. The minimum absolute atomic E-state index is 0.0704. The monoisotopic (exact) mass is 534 g/mol. The Morgan fingerprint density at radius 1 is 1.07 bits per heavy atom. The van der Waals surface area contributed by atoms with Crippen molar-refractivity contribution in [1.82, 2.24) is 29.8 Å². The summed E-state index contributed by atoms with van der Waals surface area (Å²) in [7, 11) is 0. The van der Waals surface area contributed by atoms with Crippen LogP contribution >= 0.6 is 0 Å². The molecule has 204 valence electrons. The number of hydrogen-bond acceptors (Lipinski definition) is 5. The molecule has 0 spiro atoms. The van der Waals surface area contributed by atoms with Crippen LogP contribution in [-0.2, 0) is 13.1 Å². The van der Waals surface area contributed by atoms with Crippen LogP contribution in [0, 0.1) is 6.92 Å². The molecule has 1 fully saturated rings. The van der Waals surface area contributed by atoms with Gasteiger partial charge in [-0.3, -0.25) is 19.5 Å². The van der Waals surface area contributed by atoms with Gasteiger partial charge in [0.15, 0.2) is 5.69 Å². The number of nitrogens with zero attached hydrogens (tertiary/aromatic N) is 4. The molecular formula is C32H34N6O2. The fourth-order valence-electron chi connectivity index (χ4n) is 5.71. The number of aromatic nitrogens is 4. The van der Waals surface area contributed by atoms with Gasteiger partial charge in [-0.15, -0.1) is 0 Å². The highest BCUT2D eigenvalue weighted by atomic mass is 16.2. The van der Waals surface area contributed by atoms with E-state index in [9.17, 15) is 9.59 Å². The van der Waals surface area contributed by atoms with E-state index >= 15 is 0 Å². The first-order valence-corrected chi connectivity index (χ1v) is 14.0. The van der Waals surface area contributed by atoms with E-state index < -0.39 is 0 Å². The maximum absolute atomic E-state index is 13.4. The molecule has 0 atom stereocenters. The van der Waals surface area contributed by atoms with Gasteiger partial charge in [0.1, 0.15) is 5.52 Å². The second-order valence-corrected chi connectivity index (χ2v) is 11.1. The molecule has 40 heavy (non-hydrogen) atoms. The van der Waals surface area contributed by atoms with Gasteiger partial charge in [-0.1, -0.05) is 50.2 Å². The minimum Gasteiger partial charge on any atom is -0.347 e. The van der Waals surface area contributed by atoms with Crippen LogP contribution in [0.3, 0.4) is 0 Å². The molecule has 0 radical (unpaired) electrons. The molecule has 1 aliphatic heterocycles. The summed E-state index contributed by atoms with van der Waals surface area (Å²) in [5.74, 6) is -0.361. The van der Waals surface area contributed by atoms with Gasteiger partial charge in [-0.25, -0.2) is 4.52 Å². The van der Waals surface area contributed by atoms with Gasteiger partial charge in [-0.05, 0) is 67.6 Å². The molecule has 0 unspecified atom stereocenters. The molecule has 5 aromatic rings. The van der Waals surface area contributed by atoms with Crippen LogP contribution in [-0.4, -0.2) is 43.5 Å². The van der Waals surface area contributed by atoms with E-state index in [1.165, 1.54) is 22.9 Å². The number of amides is 1. The summed E-state index contributed by atoms with van der Waals surface area (Å²) in [6, 6.07) is 16.4. The van der Waals surface area contributed by atoms with Gasteiger partial charge >= 0.3 is 0 Å². The van der Waals surface area contributed by atoms with Crippen molar-refractivity contribution in [2.24, 2.45) is 0 Å². The lowest BCUT2D eigenvalue weighted by Gasteiger charge is -2.15. The number of aryl methyl sites for hydroxylation is 1. The largest absolute Gasteiger partial charge is 0.347 e. The van der Waals surface area contributed by atoms with Crippen molar-refractivity contribution in [3.05, 3.63) is 99.2 Å². The predicted octanol–water partition coefficient (Wildman–Crippen LogP) is 5.20. The van der Waals surface area contributed by atoms with E-state index in [0.29, 0.717) is 23.3 Å². The first-order chi connectivity index (χ1) is 19.4. The first-order valence-electron chi connectivity index (χ1n) is 14.0. The van der Waals surface area contributed by atoms with Gasteiger partial charge in [0, 0.05) is 35.8 Å². The van der Waals surface area contributed by atoms with Crippen LogP contribution < -0.4 is 10.9 Å². The highest BCUT2D eigenvalue weighted by Gasteiger charge is 2.24. The molecule has 0 bridgehead atoms. The van der Waals surface area contributed by atoms with Crippen molar-refractivity contribution >= 4 is 22.3 Å². The molecule has 2 N–H and O–H groups in total. The van der Waals surface area contributed by atoms with E-state index in [1.54, 1.807) is 12.4 Å². The number of H-pyrrole nitrogens is 1. The second kappa shape index (κ2) is 10.7. The third-order valence-corrected chi connectivity index (χ3v) is 7.76. The molecule has 1 saturated heterocycles. The Balaban J connectivity index is 1.29. The van der Waals surface area contributed by atoms with Crippen molar-refractivity contribution < 1.29 is 4.79 Å². The van der Waals surface area contributed by atoms with Crippen molar-refractivity contribution in [1.29, 1.82) is 0 Å². The number of aromatic amines is 1. The number of carbonyl (C=O) groups is 1. The summed E-state index contributed by atoms with van der Waals surface area (Å²) in [6.07, 6.45) is 6.03. The molecule has 8 nitrogen and oxygen atoms in total. The van der Waals surface area contributed by atoms with Gasteiger partial charge in [0.2, 0.25) is 0 Å². The molecule has 0 saturated carbocycles. The standard InChI is InChI=1S/C32H34N6O2/c1-20(2)28-29(31(39)34-16-22-9-7-10-23(14-22)18-37-12-4-5-13-37)36-38-19-27(35-32(40)30(28)38)24-15-25-21(3)8-6-11-26(25)33-17-24/h6-11,14-15,17,19-20H,4-5,12-13,16,18H2,1-3H3,(H,34,39)(H,35,40). The van der Waals surface area contributed by atoms with Gasteiger partial charge in [0.25, 0.3) is 11.5 Å². The number of benzene rings is 2. The molecule has 1 aliphatic rings. The zero-order valence-electron chi connectivity index (χ0n) is 23.2. The summed E-state index contributed by atoms with van der Waals surface area (Å²) in [5, 5.41) is 8.67. The number of carbonyl (C=O) groups excluding carboxylic acids is 1.